The molecule has 106 valence electrons. The van der Waals surface area contributed by atoms with Gasteiger partial charge in [-0.1, -0.05) is 29.8 Å². The summed E-state index contributed by atoms with van der Waals surface area (Å²) in [6, 6.07) is 8.52. The van der Waals surface area contributed by atoms with Gasteiger partial charge in [-0.2, -0.15) is 0 Å². The Morgan fingerprint density at radius 3 is 2.53 bits per heavy atom. The van der Waals surface area contributed by atoms with Crippen molar-refractivity contribution >= 4 is 10.0 Å². The third kappa shape index (κ3) is 5.72. The fourth-order valence-corrected chi connectivity index (χ4v) is 2.88. The monoisotopic (exact) mass is 282 g/mol. The average molecular weight is 282 g/mol. The van der Waals surface area contributed by atoms with Crippen molar-refractivity contribution in [1.82, 2.24) is 10.0 Å². The van der Waals surface area contributed by atoms with E-state index in [2.05, 4.69) is 10.0 Å². The Labute approximate surface area is 115 Å². The maximum atomic E-state index is 11.8. The predicted molar refractivity (Wildman–Crippen MR) is 77.4 cm³/mol. The molecule has 4 nitrogen and oxygen atoms in total. The van der Waals surface area contributed by atoms with Gasteiger partial charge in [0, 0.05) is 12.6 Å². The molecule has 0 saturated heterocycles. The summed E-state index contributed by atoms with van der Waals surface area (Å²) in [4.78, 5) is 0. The van der Waals surface area contributed by atoms with Crippen LogP contribution in [0.25, 0.3) is 0 Å². The minimum absolute atomic E-state index is 0.193. The number of aryl methyl sites for hydroxylation is 1. The summed E-state index contributed by atoms with van der Waals surface area (Å²) in [5.74, 6) is 0.193. The highest BCUT2D eigenvalue weighted by molar-refractivity contribution is 7.89. The van der Waals surface area contributed by atoms with Crippen LogP contribution in [0.2, 0.25) is 0 Å². The van der Waals surface area contributed by atoms with Gasteiger partial charge in [-0.3, -0.25) is 0 Å². The van der Waals surface area contributed by atoms with Crippen molar-refractivity contribution in [3.05, 3.63) is 35.4 Å². The van der Waals surface area contributed by atoms with E-state index in [1.54, 1.807) is 0 Å². The minimum atomic E-state index is -3.16. The first-order valence-electron chi connectivity index (χ1n) is 6.81. The molecule has 2 N–H and O–H groups in total. The van der Waals surface area contributed by atoms with Crippen molar-refractivity contribution in [3.63, 3.8) is 0 Å². The Kier molecular flexibility index (Phi) is 4.96. The van der Waals surface area contributed by atoms with E-state index >= 15 is 0 Å². The second kappa shape index (κ2) is 6.50. The van der Waals surface area contributed by atoms with E-state index in [1.807, 2.05) is 31.2 Å². The van der Waals surface area contributed by atoms with Crippen LogP contribution in [-0.4, -0.2) is 26.8 Å². The summed E-state index contributed by atoms with van der Waals surface area (Å²) in [5, 5.41) is 3.32. The normalized spacial score (nSPS) is 15.6. The summed E-state index contributed by atoms with van der Waals surface area (Å²) < 4.78 is 26.2. The van der Waals surface area contributed by atoms with Gasteiger partial charge in [0.2, 0.25) is 10.0 Å². The highest BCUT2D eigenvalue weighted by Crippen LogP contribution is 2.18. The maximum Gasteiger partial charge on any atom is 0.211 e. The molecule has 1 fully saturated rings. The van der Waals surface area contributed by atoms with Crippen LogP contribution in [0.15, 0.2) is 24.3 Å². The molecule has 19 heavy (non-hydrogen) atoms. The van der Waals surface area contributed by atoms with Gasteiger partial charge in [-0.25, -0.2) is 13.1 Å². The van der Waals surface area contributed by atoms with E-state index in [0.717, 1.165) is 12.1 Å². The summed E-state index contributed by atoms with van der Waals surface area (Å²) in [6.07, 6.45) is 3.14. The van der Waals surface area contributed by atoms with Crippen LogP contribution in [0.1, 0.15) is 30.4 Å². The molecule has 1 saturated carbocycles. The smallest absolute Gasteiger partial charge is 0.211 e. The highest BCUT2D eigenvalue weighted by atomic mass is 32.2. The summed E-state index contributed by atoms with van der Waals surface area (Å²) in [5.41, 5.74) is 2.17. The Morgan fingerprint density at radius 1 is 1.21 bits per heavy atom. The molecule has 0 radical (unpaired) electrons. The molecule has 0 bridgehead atoms. The fourth-order valence-electron chi connectivity index (χ4n) is 1.83. The van der Waals surface area contributed by atoms with E-state index in [0.29, 0.717) is 19.0 Å². The van der Waals surface area contributed by atoms with Crippen LogP contribution in [0.4, 0.5) is 0 Å². The zero-order valence-corrected chi connectivity index (χ0v) is 12.2. The van der Waals surface area contributed by atoms with Crippen LogP contribution in [-0.2, 0) is 16.6 Å². The van der Waals surface area contributed by atoms with Crippen molar-refractivity contribution in [2.45, 2.75) is 38.8 Å². The van der Waals surface area contributed by atoms with Crippen LogP contribution < -0.4 is 10.0 Å². The van der Waals surface area contributed by atoms with Gasteiger partial charge in [0.25, 0.3) is 0 Å². The molecule has 0 spiro atoms. The number of rotatable bonds is 8. The number of sulfonamides is 1. The number of hydrogen-bond donors (Lipinski definition) is 2. The van der Waals surface area contributed by atoms with E-state index in [1.165, 1.54) is 18.4 Å². The van der Waals surface area contributed by atoms with Crippen molar-refractivity contribution in [3.8, 4) is 0 Å². The molecule has 5 heteroatoms. The lowest BCUT2D eigenvalue weighted by molar-refractivity contribution is 0.574. The SMILES string of the molecule is Cc1ccc(CNS(=O)(=O)CCCNC2CC2)cc1. The largest absolute Gasteiger partial charge is 0.314 e. The van der Waals surface area contributed by atoms with Gasteiger partial charge in [-0.15, -0.1) is 0 Å². The van der Waals surface area contributed by atoms with E-state index in [-0.39, 0.29) is 5.75 Å². The Balaban J connectivity index is 1.68. The molecule has 1 aliphatic rings. The highest BCUT2D eigenvalue weighted by Gasteiger charge is 2.20. The van der Waals surface area contributed by atoms with Crippen LogP contribution >= 0.6 is 0 Å². The van der Waals surface area contributed by atoms with Gasteiger partial charge in [0.1, 0.15) is 0 Å². The average Bonchev–Trinajstić information content (AvgIpc) is 3.18. The molecular weight excluding hydrogens is 260 g/mol. The molecule has 0 aliphatic heterocycles. The van der Waals surface area contributed by atoms with Crippen molar-refractivity contribution < 1.29 is 8.42 Å². The van der Waals surface area contributed by atoms with Gasteiger partial charge in [0.05, 0.1) is 5.75 Å². The number of hydrogen-bond acceptors (Lipinski definition) is 3. The topological polar surface area (TPSA) is 58.2 Å². The molecule has 0 aromatic heterocycles. The fraction of sp³-hybridized carbons (Fsp3) is 0.571. The molecule has 1 aromatic rings. The molecule has 0 heterocycles. The first-order valence-corrected chi connectivity index (χ1v) is 8.47. The zero-order chi connectivity index (χ0) is 13.7. The van der Waals surface area contributed by atoms with Gasteiger partial charge in [0.15, 0.2) is 0 Å². The van der Waals surface area contributed by atoms with Gasteiger partial charge < -0.3 is 5.32 Å². The third-order valence-electron chi connectivity index (χ3n) is 3.22. The molecule has 0 atom stereocenters. The standard InChI is InChI=1S/C14H22N2O2S/c1-12-3-5-13(6-4-12)11-16-19(17,18)10-2-9-15-14-7-8-14/h3-6,14-16H,2,7-11H2,1H3. The van der Waals surface area contributed by atoms with Crippen molar-refractivity contribution in [1.29, 1.82) is 0 Å². The Bertz CT molecular complexity index is 493. The molecular formula is C14H22N2O2S. The van der Waals surface area contributed by atoms with Crippen molar-refractivity contribution in [2.75, 3.05) is 12.3 Å². The van der Waals surface area contributed by atoms with Crippen molar-refractivity contribution in [2.24, 2.45) is 0 Å². The first-order chi connectivity index (χ1) is 9.05. The summed E-state index contributed by atoms with van der Waals surface area (Å²) in [7, 11) is -3.16. The molecule has 0 amide bonds. The number of nitrogens with one attached hydrogen (secondary N) is 2. The minimum Gasteiger partial charge on any atom is -0.314 e. The number of benzene rings is 1. The van der Waals surface area contributed by atoms with E-state index in [4.69, 9.17) is 0 Å². The van der Waals surface area contributed by atoms with Crippen LogP contribution in [0.3, 0.4) is 0 Å². The molecule has 1 aromatic carbocycles. The lowest BCUT2D eigenvalue weighted by atomic mass is 10.2. The lowest BCUT2D eigenvalue weighted by Gasteiger charge is -2.07. The molecule has 1 aliphatic carbocycles. The molecule has 0 unspecified atom stereocenters. The van der Waals surface area contributed by atoms with Crippen LogP contribution in [0.5, 0.6) is 0 Å². The summed E-state index contributed by atoms with van der Waals surface area (Å²) in [6.45, 7) is 3.18. The maximum absolute atomic E-state index is 11.8. The second-order valence-corrected chi connectivity index (χ2v) is 7.13. The van der Waals surface area contributed by atoms with E-state index in [9.17, 15) is 8.42 Å². The first kappa shape index (κ1) is 14.5. The third-order valence-corrected chi connectivity index (χ3v) is 4.63. The quantitative estimate of drug-likeness (QED) is 0.711. The second-order valence-electron chi connectivity index (χ2n) is 5.21. The molecule has 2 rings (SSSR count). The van der Waals surface area contributed by atoms with Crippen LogP contribution in [0, 0.1) is 6.92 Å². The Morgan fingerprint density at radius 2 is 1.89 bits per heavy atom. The summed E-state index contributed by atoms with van der Waals surface area (Å²) >= 11 is 0. The zero-order valence-electron chi connectivity index (χ0n) is 11.4. The van der Waals surface area contributed by atoms with E-state index < -0.39 is 10.0 Å². The van der Waals surface area contributed by atoms with Gasteiger partial charge in [-0.05, 0) is 38.3 Å². The predicted octanol–water partition coefficient (Wildman–Crippen LogP) is 1.56. The Hall–Kier alpha value is -0.910. The van der Waals surface area contributed by atoms with Gasteiger partial charge >= 0.3 is 0 Å². The lowest BCUT2D eigenvalue weighted by Crippen LogP contribution is -2.28.